The Bertz CT molecular complexity index is 1390. The average Bonchev–Trinajstić information content (AvgIpc) is 3.40. The SMILES string of the molecule is COc1cccc(C(=O)Nc2nc3cc(NCc4csc5ccccc45)ccc3o2)c1. The lowest BCUT2D eigenvalue weighted by molar-refractivity contribution is 0.102. The molecule has 0 radical (unpaired) electrons. The predicted octanol–water partition coefficient (Wildman–Crippen LogP) is 5.92. The lowest BCUT2D eigenvalue weighted by Gasteiger charge is -2.05. The van der Waals surface area contributed by atoms with Gasteiger partial charge >= 0.3 is 6.01 Å². The Balaban J connectivity index is 1.31. The number of thiophene rings is 1. The molecule has 6 nitrogen and oxygen atoms in total. The molecule has 1 amide bonds. The van der Waals surface area contributed by atoms with Crippen LogP contribution in [0.15, 0.2) is 76.5 Å². The minimum absolute atomic E-state index is 0.156. The maximum absolute atomic E-state index is 12.5. The minimum atomic E-state index is -0.312. The minimum Gasteiger partial charge on any atom is -0.497 e. The summed E-state index contributed by atoms with van der Waals surface area (Å²) in [5, 5.41) is 9.59. The van der Waals surface area contributed by atoms with Crippen LogP contribution in [0.4, 0.5) is 11.7 Å². The van der Waals surface area contributed by atoms with E-state index < -0.39 is 0 Å². The first-order valence-electron chi connectivity index (χ1n) is 9.74. The molecule has 5 rings (SSSR count). The van der Waals surface area contributed by atoms with Crippen LogP contribution in [0.2, 0.25) is 0 Å². The summed E-state index contributed by atoms with van der Waals surface area (Å²) in [5.74, 6) is 0.299. The number of carbonyl (C=O) groups is 1. The van der Waals surface area contributed by atoms with Crippen molar-refractivity contribution in [2.24, 2.45) is 0 Å². The quantitative estimate of drug-likeness (QED) is 0.351. The van der Waals surface area contributed by atoms with E-state index in [-0.39, 0.29) is 11.9 Å². The lowest BCUT2D eigenvalue weighted by Crippen LogP contribution is -2.12. The Kier molecular flexibility index (Phi) is 5.01. The fourth-order valence-electron chi connectivity index (χ4n) is 3.39. The molecule has 2 N–H and O–H groups in total. The van der Waals surface area contributed by atoms with Crippen molar-refractivity contribution in [3.05, 3.63) is 83.2 Å². The van der Waals surface area contributed by atoms with Crippen LogP contribution in [0, 0.1) is 0 Å². The molecule has 0 unspecified atom stereocenters. The summed E-state index contributed by atoms with van der Waals surface area (Å²) in [6.07, 6.45) is 0. The van der Waals surface area contributed by atoms with Crippen molar-refractivity contribution >= 4 is 50.1 Å². The number of fused-ring (bicyclic) bond motifs is 2. The molecular weight excluding hydrogens is 410 g/mol. The number of benzene rings is 3. The zero-order chi connectivity index (χ0) is 21.2. The van der Waals surface area contributed by atoms with Gasteiger partial charge in [0.15, 0.2) is 5.58 Å². The van der Waals surface area contributed by atoms with Gasteiger partial charge in [-0.05, 0) is 58.8 Å². The van der Waals surface area contributed by atoms with E-state index in [9.17, 15) is 4.79 Å². The standard InChI is InChI=1S/C24H19N3O3S/c1-29-18-6-4-5-15(11-18)23(28)27-24-26-20-12-17(9-10-21(20)30-24)25-13-16-14-31-22-8-3-2-7-19(16)22/h2-12,14,25H,13H2,1H3,(H,26,27,28). The van der Waals surface area contributed by atoms with Crippen LogP contribution in [0.3, 0.4) is 0 Å². The first-order valence-corrected chi connectivity index (χ1v) is 10.6. The Hall–Kier alpha value is -3.84. The topological polar surface area (TPSA) is 76.4 Å². The molecule has 0 saturated carbocycles. The molecule has 0 atom stereocenters. The molecule has 2 heterocycles. The Labute approximate surface area is 182 Å². The lowest BCUT2D eigenvalue weighted by atomic mass is 10.2. The van der Waals surface area contributed by atoms with Gasteiger partial charge in [-0.1, -0.05) is 24.3 Å². The first kappa shape index (κ1) is 19.1. The molecule has 2 aromatic heterocycles. The second-order valence-electron chi connectivity index (χ2n) is 7.00. The van der Waals surface area contributed by atoms with Crippen LogP contribution in [-0.4, -0.2) is 18.0 Å². The van der Waals surface area contributed by atoms with E-state index in [4.69, 9.17) is 9.15 Å². The number of nitrogens with one attached hydrogen (secondary N) is 2. The molecule has 31 heavy (non-hydrogen) atoms. The number of amides is 1. The smallest absolute Gasteiger partial charge is 0.302 e. The summed E-state index contributed by atoms with van der Waals surface area (Å²) >= 11 is 1.75. The van der Waals surface area contributed by atoms with Crippen molar-refractivity contribution in [2.75, 3.05) is 17.7 Å². The second kappa shape index (κ2) is 8.12. The van der Waals surface area contributed by atoms with Gasteiger partial charge in [0.2, 0.25) is 0 Å². The van der Waals surface area contributed by atoms with E-state index in [2.05, 4.69) is 45.3 Å². The molecule has 154 valence electrons. The number of nitrogens with zero attached hydrogens (tertiary/aromatic N) is 1. The molecule has 0 saturated heterocycles. The largest absolute Gasteiger partial charge is 0.497 e. The summed E-state index contributed by atoms with van der Waals surface area (Å²) < 4.78 is 12.1. The van der Waals surface area contributed by atoms with Crippen molar-refractivity contribution < 1.29 is 13.9 Å². The van der Waals surface area contributed by atoms with E-state index in [1.54, 1.807) is 42.7 Å². The molecule has 0 bridgehead atoms. The predicted molar refractivity (Wildman–Crippen MR) is 124 cm³/mol. The van der Waals surface area contributed by atoms with Gasteiger partial charge in [-0.25, -0.2) is 0 Å². The Morgan fingerprint density at radius 1 is 1.10 bits per heavy atom. The summed E-state index contributed by atoms with van der Waals surface area (Å²) in [5.41, 5.74) is 3.93. The van der Waals surface area contributed by atoms with E-state index in [1.165, 1.54) is 15.6 Å². The van der Waals surface area contributed by atoms with Gasteiger partial charge in [0.05, 0.1) is 7.11 Å². The number of carbonyl (C=O) groups excluding carboxylic acids is 1. The second-order valence-corrected chi connectivity index (χ2v) is 7.91. The fourth-order valence-corrected chi connectivity index (χ4v) is 4.35. The van der Waals surface area contributed by atoms with Gasteiger partial charge in [-0.3, -0.25) is 10.1 Å². The Morgan fingerprint density at radius 3 is 2.90 bits per heavy atom. The number of hydrogen-bond donors (Lipinski definition) is 2. The van der Waals surface area contributed by atoms with E-state index in [0.717, 1.165) is 5.69 Å². The molecule has 0 aliphatic carbocycles. The van der Waals surface area contributed by atoms with Crippen LogP contribution in [-0.2, 0) is 6.54 Å². The number of oxazole rings is 1. The number of methoxy groups -OCH3 is 1. The van der Waals surface area contributed by atoms with Crippen LogP contribution in [0.25, 0.3) is 21.2 Å². The maximum atomic E-state index is 12.5. The first-order chi connectivity index (χ1) is 15.2. The molecule has 0 aliphatic heterocycles. The van der Waals surface area contributed by atoms with Crippen LogP contribution in [0.5, 0.6) is 5.75 Å². The number of rotatable bonds is 6. The van der Waals surface area contributed by atoms with Gasteiger partial charge in [0.25, 0.3) is 5.91 Å². The molecular formula is C24H19N3O3S. The van der Waals surface area contributed by atoms with Crippen molar-refractivity contribution in [3.63, 3.8) is 0 Å². The zero-order valence-corrected chi connectivity index (χ0v) is 17.5. The highest BCUT2D eigenvalue weighted by atomic mass is 32.1. The van der Waals surface area contributed by atoms with Crippen LogP contribution in [0.1, 0.15) is 15.9 Å². The molecule has 0 fully saturated rings. The summed E-state index contributed by atoms with van der Waals surface area (Å²) in [6, 6.07) is 21.1. The molecule has 5 aromatic rings. The van der Waals surface area contributed by atoms with Crippen LogP contribution >= 0.6 is 11.3 Å². The van der Waals surface area contributed by atoms with Crippen LogP contribution < -0.4 is 15.4 Å². The molecule has 3 aromatic carbocycles. The molecule has 7 heteroatoms. The van der Waals surface area contributed by atoms with Crippen molar-refractivity contribution in [1.29, 1.82) is 0 Å². The average molecular weight is 430 g/mol. The Morgan fingerprint density at radius 2 is 2.00 bits per heavy atom. The number of aromatic nitrogens is 1. The molecule has 0 aliphatic rings. The monoisotopic (exact) mass is 429 g/mol. The molecule has 0 spiro atoms. The highest BCUT2D eigenvalue weighted by molar-refractivity contribution is 7.17. The van der Waals surface area contributed by atoms with Gasteiger partial charge < -0.3 is 14.5 Å². The van der Waals surface area contributed by atoms with E-state index in [1.807, 2.05) is 18.2 Å². The summed E-state index contributed by atoms with van der Waals surface area (Å²) in [7, 11) is 1.56. The third kappa shape index (κ3) is 3.95. The number of anilines is 2. The third-order valence-electron chi connectivity index (χ3n) is 4.98. The summed E-state index contributed by atoms with van der Waals surface area (Å²) in [6.45, 7) is 0.715. The maximum Gasteiger partial charge on any atom is 0.302 e. The zero-order valence-electron chi connectivity index (χ0n) is 16.7. The summed E-state index contributed by atoms with van der Waals surface area (Å²) in [4.78, 5) is 16.9. The highest BCUT2D eigenvalue weighted by Crippen LogP contribution is 2.27. The van der Waals surface area contributed by atoms with E-state index >= 15 is 0 Å². The van der Waals surface area contributed by atoms with Crippen molar-refractivity contribution in [2.45, 2.75) is 6.54 Å². The van der Waals surface area contributed by atoms with Gasteiger partial charge in [-0.15, -0.1) is 11.3 Å². The van der Waals surface area contributed by atoms with Gasteiger partial charge in [0.1, 0.15) is 11.3 Å². The number of ether oxygens (including phenoxy) is 1. The van der Waals surface area contributed by atoms with E-state index in [0.29, 0.717) is 29.0 Å². The third-order valence-corrected chi connectivity index (χ3v) is 6.00. The van der Waals surface area contributed by atoms with Crippen molar-refractivity contribution in [1.82, 2.24) is 4.98 Å². The van der Waals surface area contributed by atoms with Crippen molar-refractivity contribution in [3.8, 4) is 5.75 Å². The number of hydrogen-bond acceptors (Lipinski definition) is 6. The highest BCUT2D eigenvalue weighted by Gasteiger charge is 2.13. The normalized spacial score (nSPS) is 11.0. The van der Waals surface area contributed by atoms with Gasteiger partial charge in [-0.2, -0.15) is 4.98 Å². The van der Waals surface area contributed by atoms with Gasteiger partial charge in [0, 0.05) is 22.5 Å². The fraction of sp³-hybridized carbons (Fsp3) is 0.0833.